The maximum atomic E-state index is 13.3. The monoisotopic (exact) mass is 461 g/mol. The largest absolute Gasteiger partial charge is 0.459 e. The van der Waals surface area contributed by atoms with E-state index in [4.69, 9.17) is 4.74 Å². The van der Waals surface area contributed by atoms with Crippen LogP contribution in [0.2, 0.25) is 0 Å². The molecule has 168 valence electrons. The maximum absolute atomic E-state index is 13.3. The minimum atomic E-state index is -0.806. The van der Waals surface area contributed by atoms with Crippen molar-refractivity contribution < 1.29 is 14.3 Å². The number of carbonyl (C=O) groups excluding carboxylic acids is 2. The zero-order chi connectivity index (χ0) is 23.4. The van der Waals surface area contributed by atoms with Crippen LogP contribution in [-0.2, 0) is 16.1 Å². The van der Waals surface area contributed by atoms with Gasteiger partial charge in [-0.15, -0.1) is 11.3 Å². The van der Waals surface area contributed by atoms with Crippen molar-refractivity contribution in [1.29, 1.82) is 0 Å². The number of esters is 1. The molecule has 8 heteroatoms. The second kappa shape index (κ2) is 9.79. The van der Waals surface area contributed by atoms with E-state index in [-0.39, 0.29) is 18.1 Å². The molecule has 0 saturated carbocycles. The first-order chi connectivity index (χ1) is 16.0. The van der Waals surface area contributed by atoms with Crippen LogP contribution >= 0.6 is 11.3 Å². The van der Waals surface area contributed by atoms with E-state index >= 15 is 0 Å². The molecule has 2 aromatic carbocycles. The summed E-state index contributed by atoms with van der Waals surface area (Å²) in [6.07, 6.45) is 1.72. The lowest BCUT2D eigenvalue weighted by molar-refractivity contribution is -0.149. The van der Waals surface area contributed by atoms with Crippen molar-refractivity contribution in [3.8, 4) is 0 Å². The molecule has 0 aliphatic carbocycles. The Bertz CT molecular complexity index is 1350. The lowest BCUT2D eigenvalue weighted by Gasteiger charge is -2.17. The van der Waals surface area contributed by atoms with Gasteiger partial charge in [-0.2, -0.15) is 0 Å². The SMILES string of the molecule is CC[C@@H](C(=O)OCc1ccccc1)n1cnc2sc(C(=O)Nc3ccccc3)c(C)c2c1=O. The van der Waals surface area contributed by atoms with Crippen LogP contribution in [0.4, 0.5) is 5.69 Å². The van der Waals surface area contributed by atoms with Gasteiger partial charge in [0, 0.05) is 5.69 Å². The molecule has 0 saturated heterocycles. The highest BCUT2D eigenvalue weighted by Crippen LogP contribution is 2.28. The van der Waals surface area contributed by atoms with Gasteiger partial charge in [0.05, 0.1) is 16.6 Å². The van der Waals surface area contributed by atoms with Gasteiger partial charge in [-0.05, 0) is 36.6 Å². The van der Waals surface area contributed by atoms with E-state index in [1.807, 2.05) is 55.5 Å². The van der Waals surface area contributed by atoms with Gasteiger partial charge in [0.15, 0.2) is 0 Å². The van der Waals surface area contributed by atoms with E-state index in [0.29, 0.717) is 32.8 Å². The number of nitrogens with one attached hydrogen (secondary N) is 1. The van der Waals surface area contributed by atoms with Crippen molar-refractivity contribution in [3.05, 3.63) is 93.3 Å². The van der Waals surface area contributed by atoms with Crippen LogP contribution in [0.1, 0.15) is 40.2 Å². The number of benzene rings is 2. The number of aryl methyl sites for hydroxylation is 1. The average molecular weight is 462 g/mol. The van der Waals surface area contributed by atoms with Crippen LogP contribution < -0.4 is 10.9 Å². The lowest BCUT2D eigenvalue weighted by Crippen LogP contribution is -2.31. The first-order valence-corrected chi connectivity index (χ1v) is 11.4. The number of carbonyl (C=O) groups is 2. The Hall–Kier alpha value is -3.78. The van der Waals surface area contributed by atoms with Gasteiger partial charge in [-0.3, -0.25) is 14.2 Å². The van der Waals surface area contributed by atoms with E-state index in [9.17, 15) is 14.4 Å². The molecule has 1 amide bonds. The fraction of sp³-hybridized carbons (Fsp3) is 0.200. The molecule has 0 radical (unpaired) electrons. The summed E-state index contributed by atoms with van der Waals surface area (Å²) in [5.41, 5.74) is 1.71. The summed E-state index contributed by atoms with van der Waals surface area (Å²) >= 11 is 1.16. The molecule has 0 spiro atoms. The van der Waals surface area contributed by atoms with Crippen LogP contribution in [-0.4, -0.2) is 21.4 Å². The standard InChI is InChI=1S/C25H23N3O4S/c1-3-19(25(31)32-14-17-10-6-4-7-11-17)28-15-26-23-20(24(28)30)16(2)21(33-23)22(29)27-18-12-8-5-9-13-18/h4-13,15,19H,3,14H2,1-2H3,(H,27,29)/t19-/m0/s1. The quantitative estimate of drug-likeness (QED) is 0.403. The number of anilines is 1. The van der Waals surface area contributed by atoms with E-state index in [1.165, 1.54) is 10.9 Å². The van der Waals surface area contributed by atoms with Gasteiger partial charge in [-0.25, -0.2) is 9.78 Å². The highest BCUT2D eigenvalue weighted by atomic mass is 32.1. The van der Waals surface area contributed by atoms with E-state index in [0.717, 1.165) is 16.9 Å². The number of thiophene rings is 1. The molecule has 7 nitrogen and oxygen atoms in total. The molecule has 0 aliphatic heterocycles. The fourth-order valence-electron chi connectivity index (χ4n) is 3.59. The van der Waals surface area contributed by atoms with Crippen molar-refractivity contribution in [2.45, 2.75) is 32.9 Å². The molecule has 0 fully saturated rings. The number of ether oxygens (including phenoxy) is 1. The van der Waals surface area contributed by atoms with Crippen LogP contribution in [0.25, 0.3) is 10.2 Å². The highest BCUT2D eigenvalue weighted by Gasteiger charge is 2.25. The summed E-state index contributed by atoms with van der Waals surface area (Å²) in [7, 11) is 0. The van der Waals surface area contributed by atoms with Crippen molar-refractivity contribution in [1.82, 2.24) is 9.55 Å². The molecule has 0 unspecified atom stereocenters. The van der Waals surface area contributed by atoms with Crippen molar-refractivity contribution in [3.63, 3.8) is 0 Å². The molecule has 0 bridgehead atoms. The normalized spacial score (nSPS) is 11.8. The molecule has 1 N–H and O–H groups in total. The molecular formula is C25H23N3O4S. The summed E-state index contributed by atoms with van der Waals surface area (Å²) in [6, 6.07) is 17.7. The van der Waals surface area contributed by atoms with E-state index in [2.05, 4.69) is 10.3 Å². The van der Waals surface area contributed by atoms with Crippen molar-refractivity contribution >= 4 is 39.1 Å². The predicted molar refractivity (Wildman–Crippen MR) is 129 cm³/mol. The number of hydrogen-bond acceptors (Lipinski definition) is 6. The summed E-state index contributed by atoms with van der Waals surface area (Å²) in [5.74, 6) is -0.804. The number of para-hydroxylation sites is 1. The van der Waals surface area contributed by atoms with E-state index in [1.54, 1.807) is 19.1 Å². The molecule has 4 rings (SSSR count). The second-order valence-corrected chi connectivity index (χ2v) is 8.53. The third-order valence-electron chi connectivity index (χ3n) is 5.33. The summed E-state index contributed by atoms with van der Waals surface area (Å²) in [5, 5.41) is 3.18. The number of rotatable bonds is 7. The van der Waals surface area contributed by atoms with Gasteiger partial charge < -0.3 is 10.1 Å². The van der Waals surface area contributed by atoms with Crippen LogP contribution in [0.15, 0.2) is 71.8 Å². The summed E-state index contributed by atoms with van der Waals surface area (Å²) in [4.78, 5) is 44.1. The lowest BCUT2D eigenvalue weighted by atomic mass is 10.1. The zero-order valence-corrected chi connectivity index (χ0v) is 19.1. The Morgan fingerprint density at radius 3 is 2.42 bits per heavy atom. The number of fused-ring (bicyclic) bond motifs is 1. The highest BCUT2D eigenvalue weighted by molar-refractivity contribution is 7.20. The molecule has 0 aliphatic rings. The van der Waals surface area contributed by atoms with Crippen LogP contribution in [0.3, 0.4) is 0 Å². The van der Waals surface area contributed by atoms with Crippen LogP contribution in [0.5, 0.6) is 0 Å². The van der Waals surface area contributed by atoms with Gasteiger partial charge in [0.1, 0.15) is 17.5 Å². The van der Waals surface area contributed by atoms with Crippen molar-refractivity contribution in [2.24, 2.45) is 0 Å². The molecule has 2 aromatic heterocycles. The van der Waals surface area contributed by atoms with Gasteiger partial charge >= 0.3 is 5.97 Å². The molecular weight excluding hydrogens is 438 g/mol. The molecule has 2 heterocycles. The fourth-order valence-corrected chi connectivity index (χ4v) is 4.62. The second-order valence-electron chi connectivity index (χ2n) is 7.53. The molecule has 4 aromatic rings. The number of aromatic nitrogens is 2. The van der Waals surface area contributed by atoms with Gasteiger partial charge in [0.2, 0.25) is 0 Å². The zero-order valence-electron chi connectivity index (χ0n) is 18.3. The van der Waals surface area contributed by atoms with Gasteiger partial charge in [0.25, 0.3) is 11.5 Å². The number of hydrogen-bond donors (Lipinski definition) is 1. The minimum absolute atomic E-state index is 0.127. The number of nitrogens with zero attached hydrogens (tertiary/aromatic N) is 2. The Labute approximate surface area is 194 Å². The van der Waals surface area contributed by atoms with Crippen molar-refractivity contribution in [2.75, 3.05) is 5.32 Å². The Kier molecular flexibility index (Phi) is 6.65. The summed E-state index contributed by atoms with van der Waals surface area (Å²) in [6.45, 7) is 3.66. The predicted octanol–water partition coefficient (Wildman–Crippen LogP) is 4.71. The first-order valence-electron chi connectivity index (χ1n) is 10.6. The first kappa shape index (κ1) is 22.4. The third-order valence-corrected chi connectivity index (χ3v) is 6.53. The molecule has 1 atom stereocenters. The topological polar surface area (TPSA) is 90.3 Å². The number of amides is 1. The maximum Gasteiger partial charge on any atom is 0.329 e. The Morgan fingerprint density at radius 1 is 1.09 bits per heavy atom. The Balaban J connectivity index is 1.61. The van der Waals surface area contributed by atoms with E-state index < -0.39 is 12.0 Å². The Morgan fingerprint density at radius 2 is 1.76 bits per heavy atom. The van der Waals surface area contributed by atoms with Crippen LogP contribution in [0, 0.1) is 6.92 Å². The minimum Gasteiger partial charge on any atom is -0.459 e. The molecule has 33 heavy (non-hydrogen) atoms. The summed E-state index contributed by atoms with van der Waals surface area (Å²) < 4.78 is 6.75. The van der Waals surface area contributed by atoms with Gasteiger partial charge in [-0.1, -0.05) is 55.5 Å². The average Bonchev–Trinajstić information content (AvgIpc) is 3.18. The third kappa shape index (κ3) is 4.70. The smallest absolute Gasteiger partial charge is 0.329 e.